The molecule has 0 aromatic heterocycles. The number of ether oxygens (including phenoxy) is 1. The largest absolute Gasteiger partial charge is 0.501 e. The van der Waals surface area contributed by atoms with Crippen molar-refractivity contribution in [3.05, 3.63) is 12.3 Å². The topological polar surface area (TPSA) is 9.23 Å². The van der Waals surface area contributed by atoms with E-state index in [-0.39, 0.29) is 6.08 Å². The molecule has 0 radical (unpaired) electrons. The molecule has 0 amide bonds. The van der Waals surface area contributed by atoms with Crippen molar-refractivity contribution in [1.29, 1.82) is 0 Å². The summed E-state index contributed by atoms with van der Waals surface area (Å²) in [7, 11) is 0. The van der Waals surface area contributed by atoms with E-state index in [4.69, 9.17) is 0 Å². The average Bonchev–Trinajstić information content (AvgIpc) is 1.78. The summed E-state index contributed by atoms with van der Waals surface area (Å²) >= 11 is 0. The molecule has 0 unspecified atom stereocenters. The van der Waals surface area contributed by atoms with Crippen molar-refractivity contribution < 1.29 is 17.9 Å². The van der Waals surface area contributed by atoms with Gasteiger partial charge in [0.25, 0.3) is 0 Å². The third-order valence-electron chi connectivity index (χ3n) is 0.675. The fourth-order valence-electron chi connectivity index (χ4n) is 0.311. The number of hydrogen-bond donors (Lipinski definition) is 0. The maximum atomic E-state index is 11.3. The van der Waals surface area contributed by atoms with E-state index in [0.29, 0.717) is 19.3 Å². The van der Waals surface area contributed by atoms with Gasteiger partial charge in [-0.15, -0.1) is 0 Å². The van der Waals surface area contributed by atoms with Gasteiger partial charge in [-0.3, -0.25) is 0 Å². The molecule has 0 saturated heterocycles. The Morgan fingerprint density at radius 3 is 2.40 bits per heavy atom. The Balaban J connectivity index is 3.37. The summed E-state index contributed by atoms with van der Waals surface area (Å²) in [5.74, 6) is 0. The van der Waals surface area contributed by atoms with Gasteiger partial charge in [-0.1, -0.05) is 6.92 Å². The Labute approximate surface area is 57.5 Å². The quantitative estimate of drug-likeness (QED) is 0.448. The van der Waals surface area contributed by atoms with Crippen LogP contribution in [0.4, 0.5) is 13.2 Å². The lowest BCUT2D eigenvalue weighted by Crippen LogP contribution is -2.01. The van der Waals surface area contributed by atoms with Crippen molar-refractivity contribution in [3.63, 3.8) is 0 Å². The monoisotopic (exact) mass is 154 g/mol. The van der Waals surface area contributed by atoms with Crippen molar-refractivity contribution >= 4 is 0 Å². The summed E-state index contributed by atoms with van der Waals surface area (Å²) in [5.41, 5.74) is 0. The van der Waals surface area contributed by atoms with Gasteiger partial charge in [0.2, 0.25) is 0 Å². The molecule has 0 bridgehead atoms. The van der Waals surface area contributed by atoms with Gasteiger partial charge in [-0.2, -0.15) is 13.2 Å². The predicted molar refractivity (Wildman–Crippen MR) is 31.4 cm³/mol. The minimum absolute atomic E-state index is 0.0721. The summed E-state index contributed by atoms with van der Waals surface area (Å²) in [4.78, 5) is 0. The van der Waals surface area contributed by atoms with E-state index in [1.165, 1.54) is 0 Å². The van der Waals surface area contributed by atoms with E-state index >= 15 is 0 Å². The SMILES string of the molecule is CCCO/C=C/C(F)(F)F. The van der Waals surface area contributed by atoms with Crippen molar-refractivity contribution in [2.75, 3.05) is 6.61 Å². The molecule has 0 N–H and O–H groups in total. The van der Waals surface area contributed by atoms with Crippen LogP contribution in [0.1, 0.15) is 13.3 Å². The molecule has 10 heavy (non-hydrogen) atoms. The number of alkyl halides is 3. The van der Waals surface area contributed by atoms with Gasteiger partial charge in [-0.25, -0.2) is 0 Å². The van der Waals surface area contributed by atoms with E-state index in [0.717, 1.165) is 0 Å². The molecule has 0 heterocycles. The molecule has 0 aromatic rings. The number of hydrogen-bond acceptors (Lipinski definition) is 1. The average molecular weight is 154 g/mol. The second-order valence-electron chi connectivity index (χ2n) is 1.72. The van der Waals surface area contributed by atoms with Crippen molar-refractivity contribution in [2.24, 2.45) is 0 Å². The first kappa shape index (κ1) is 9.33. The van der Waals surface area contributed by atoms with E-state index in [1.54, 1.807) is 0 Å². The van der Waals surface area contributed by atoms with Crippen LogP contribution in [0.25, 0.3) is 0 Å². The number of rotatable bonds is 3. The van der Waals surface area contributed by atoms with E-state index in [2.05, 4.69) is 4.74 Å². The summed E-state index contributed by atoms with van der Waals surface area (Å²) < 4.78 is 38.4. The Bertz CT molecular complexity index is 106. The Morgan fingerprint density at radius 2 is 2.00 bits per heavy atom. The summed E-state index contributed by atoms with van der Waals surface area (Å²) in [6.45, 7) is 2.15. The van der Waals surface area contributed by atoms with Crippen LogP contribution in [0.3, 0.4) is 0 Å². The Morgan fingerprint density at radius 1 is 1.40 bits per heavy atom. The molecule has 0 saturated carbocycles. The molecule has 4 heteroatoms. The zero-order valence-corrected chi connectivity index (χ0v) is 5.61. The highest BCUT2D eigenvalue weighted by Crippen LogP contribution is 2.15. The Hall–Kier alpha value is -0.670. The van der Waals surface area contributed by atoms with E-state index in [1.807, 2.05) is 6.92 Å². The molecule has 0 spiro atoms. The Kier molecular flexibility index (Phi) is 3.91. The van der Waals surface area contributed by atoms with Crippen molar-refractivity contribution in [2.45, 2.75) is 19.5 Å². The molecule has 1 nitrogen and oxygen atoms in total. The minimum Gasteiger partial charge on any atom is -0.501 e. The van der Waals surface area contributed by atoms with Crippen LogP contribution in [0.5, 0.6) is 0 Å². The molecule has 0 atom stereocenters. The highest BCUT2D eigenvalue weighted by molar-refractivity contribution is 4.82. The smallest absolute Gasteiger partial charge is 0.412 e. The lowest BCUT2D eigenvalue weighted by molar-refractivity contribution is -0.0816. The molecule has 60 valence electrons. The van der Waals surface area contributed by atoms with Gasteiger partial charge in [0, 0.05) is 0 Å². The molecular formula is C6H9F3O. The van der Waals surface area contributed by atoms with Crippen molar-refractivity contribution in [3.8, 4) is 0 Å². The van der Waals surface area contributed by atoms with Crippen LogP contribution in [0.2, 0.25) is 0 Å². The summed E-state index contributed by atoms with van der Waals surface area (Å²) in [6.07, 6.45) is -2.80. The molecule has 0 aliphatic heterocycles. The van der Waals surface area contributed by atoms with Crippen LogP contribution in [-0.4, -0.2) is 12.8 Å². The highest BCUT2D eigenvalue weighted by atomic mass is 19.4. The highest BCUT2D eigenvalue weighted by Gasteiger charge is 2.22. The van der Waals surface area contributed by atoms with Gasteiger partial charge in [0.1, 0.15) is 0 Å². The van der Waals surface area contributed by atoms with Gasteiger partial charge in [0.15, 0.2) is 0 Å². The van der Waals surface area contributed by atoms with Gasteiger partial charge >= 0.3 is 6.18 Å². The van der Waals surface area contributed by atoms with Crippen LogP contribution < -0.4 is 0 Å². The number of allylic oxidation sites excluding steroid dienone is 1. The maximum absolute atomic E-state index is 11.3. The molecule has 0 fully saturated rings. The fraction of sp³-hybridized carbons (Fsp3) is 0.667. The molecule has 0 aromatic carbocycles. The third kappa shape index (κ3) is 7.33. The molecule has 0 aliphatic carbocycles. The molecular weight excluding hydrogens is 145 g/mol. The first-order valence-electron chi connectivity index (χ1n) is 2.92. The minimum atomic E-state index is -4.26. The van der Waals surface area contributed by atoms with E-state index in [9.17, 15) is 13.2 Å². The zero-order chi connectivity index (χ0) is 8.04. The number of halogens is 3. The summed E-state index contributed by atoms with van der Waals surface area (Å²) in [6, 6.07) is 0. The standard InChI is InChI=1S/C6H9F3O/c1-2-4-10-5-3-6(7,8)9/h3,5H,2,4H2,1H3/b5-3+. The predicted octanol–water partition coefficient (Wildman–Crippen LogP) is 2.49. The van der Waals surface area contributed by atoms with Crippen LogP contribution >= 0.6 is 0 Å². The fourth-order valence-corrected chi connectivity index (χ4v) is 0.311. The van der Waals surface area contributed by atoms with Crippen LogP contribution in [-0.2, 0) is 4.74 Å². The molecule has 0 aliphatic rings. The first-order valence-corrected chi connectivity index (χ1v) is 2.92. The molecule has 0 rings (SSSR count). The summed E-state index contributed by atoms with van der Waals surface area (Å²) in [5, 5.41) is 0. The normalized spacial score (nSPS) is 12.4. The lowest BCUT2D eigenvalue weighted by Gasteiger charge is -1.98. The third-order valence-corrected chi connectivity index (χ3v) is 0.675. The van der Waals surface area contributed by atoms with Crippen LogP contribution in [0.15, 0.2) is 12.3 Å². The van der Waals surface area contributed by atoms with Crippen molar-refractivity contribution in [1.82, 2.24) is 0 Å². The zero-order valence-electron chi connectivity index (χ0n) is 5.61. The first-order chi connectivity index (χ1) is 4.56. The lowest BCUT2D eigenvalue weighted by atomic mass is 10.5. The van der Waals surface area contributed by atoms with Gasteiger partial charge in [0.05, 0.1) is 18.9 Å². The van der Waals surface area contributed by atoms with Gasteiger partial charge < -0.3 is 4.74 Å². The second kappa shape index (κ2) is 4.19. The van der Waals surface area contributed by atoms with Gasteiger partial charge in [-0.05, 0) is 6.42 Å². The maximum Gasteiger partial charge on any atom is 0.412 e. The van der Waals surface area contributed by atoms with Crippen LogP contribution in [0, 0.1) is 0 Å². The van der Waals surface area contributed by atoms with E-state index < -0.39 is 6.18 Å². The second-order valence-corrected chi connectivity index (χ2v) is 1.72.